The molecule has 0 fully saturated rings. The third-order valence-corrected chi connectivity index (χ3v) is 9.42. The molecule has 40 heavy (non-hydrogen) atoms. The highest BCUT2D eigenvalue weighted by atomic mass is 35.5. The zero-order chi connectivity index (χ0) is 29.4. The molecule has 0 aliphatic rings. The number of halogens is 4. The highest BCUT2D eigenvalue weighted by Gasteiger charge is 2.33. The molecule has 0 aliphatic heterocycles. The van der Waals surface area contributed by atoms with E-state index in [9.17, 15) is 18.0 Å². The monoisotopic (exact) mass is 643 g/mol. The van der Waals surface area contributed by atoms with E-state index in [0.717, 1.165) is 17.1 Å². The molecular weight excluding hydrogens is 616 g/mol. The molecule has 1 N–H and O–H groups in total. The molecule has 0 aromatic heterocycles. The molecular formula is C28H29Cl4N3O4S. The zero-order valence-corrected chi connectivity index (χ0v) is 25.8. The van der Waals surface area contributed by atoms with Gasteiger partial charge in [0.05, 0.1) is 20.6 Å². The minimum absolute atomic E-state index is 0.0278. The van der Waals surface area contributed by atoms with Crippen molar-refractivity contribution in [2.24, 2.45) is 0 Å². The largest absolute Gasteiger partial charge is 0.354 e. The minimum atomic E-state index is -4.23. The first-order valence-electron chi connectivity index (χ1n) is 12.5. The number of carbonyl (C=O) groups excluding carboxylic acids is 2. The van der Waals surface area contributed by atoms with Gasteiger partial charge in [0, 0.05) is 28.7 Å². The van der Waals surface area contributed by atoms with Crippen LogP contribution in [0.2, 0.25) is 20.1 Å². The molecule has 7 nitrogen and oxygen atoms in total. The van der Waals surface area contributed by atoms with Gasteiger partial charge in [0.2, 0.25) is 11.8 Å². The third-order valence-electron chi connectivity index (χ3n) is 6.19. The van der Waals surface area contributed by atoms with Gasteiger partial charge in [-0.1, -0.05) is 84.0 Å². The predicted octanol–water partition coefficient (Wildman–Crippen LogP) is 6.83. The van der Waals surface area contributed by atoms with Crippen LogP contribution in [-0.4, -0.2) is 44.3 Å². The van der Waals surface area contributed by atoms with Gasteiger partial charge >= 0.3 is 0 Å². The standard InChI is InChI=1S/C28H29Cl4N3O4S/c1-3-4-15-33-28(37)19(2)34(17-22-23(29)11-8-12-24(22)30)27(36)18-35(20-13-14-25(31)26(32)16-20)40(38,39)21-9-6-5-7-10-21/h5-14,16,19H,3-4,15,17-18H2,1-2H3,(H,33,37)/t19-/m0/s1. The molecule has 1 atom stereocenters. The van der Waals surface area contributed by atoms with Gasteiger partial charge in [-0.05, 0) is 55.8 Å². The maximum Gasteiger partial charge on any atom is 0.264 e. The summed E-state index contributed by atoms with van der Waals surface area (Å²) in [5, 5.41) is 3.78. The summed E-state index contributed by atoms with van der Waals surface area (Å²) in [6.07, 6.45) is 1.64. The minimum Gasteiger partial charge on any atom is -0.354 e. The van der Waals surface area contributed by atoms with E-state index in [4.69, 9.17) is 46.4 Å². The van der Waals surface area contributed by atoms with E-state index in [-0.39, 0.29) is 27.2 Å². The summed E-state index contributed by atoms with van der Waals surface area (Å²) >= 11 is 25.1. The summed E-state index contributed by atoms with van der Waals surface area (Å²) in [6.45, 7) is 3.24. The summed E-state index contributed by atoms with van der Waals surface area (Å²) in [4.78, 5) is 28.2. The van der Waals surface area contributed by atoms with Crippen molar-refractivity contribution in [2.75, 3.05) is 17.4 Å². The Morgan fingerprint density at radius 3 is 2.12 bits per heavy atom. The van der Waals surface area contributed by atoms with E-state index in [2.05, 4.69) is 5.32 Å². The highest BCUT2D eigenvalue weighted by Crippen LogP contribution is 2.31. The lowest BCUT2D eigenvalue weighted by Crippen LogP contribution is -2.51. The second-order valence-corrected chi connectivity index (χ2v) is 12.5. The third kappa shape index (κ3) is 7.83. The predicted molar refractivity (Wildman–Crippen MR) is 162 cm³/mol. The van der Waals surface area contributed by atoms with Crippen molar-refractivity contribution in [2.45, 2.75) is 44.2 Å². The van der Waals surface area contributed by atoms with Crippen LogP contribution in [0.1, 0.15) is 32.3 Å². The lowest BCUT2D eigenvalue weighted by atomic mass is 10.1. The number of unbranched alkanes of at least 4 members (excludes halogenated alkanes) is 1. The Kier molecular flexibility index (Phi) is 11.5. The lowest BCUT2D eigenvalue weighted by molar-refractivity contribution is -0.139. The topological polar surface area (TPSA) is 86.8 Å². The fourth-order valence-electron chi connectivity index (χ4n) is 3.86. The Hall–Kier alpha value is -2.49. The number of carbonyl (C=O) groups is 2. The lowest BCUT2D eigenvalue weighted by Gasteiger charge is -2.32. The Morgan fingerprint density at radius 2 is 1.52 bits per heavy atom. The van der Waals surface area contributed by atoms with E-state index in [0.29, 0.717) is 22.2 Å². The molecule has 0 heterocycles. The van der Waals surface area contributed by atoms with E-state index < -0.39 is 34.4 Å². The van der Waals surface area contributed by atoms with Gasteiger partial charge in [0.25, 0.3) is 10.0 Å². The fraction of sp³-hybridized carbons (Fsp3) is 0.286. The second-order valence-electron chi connectivity index (χ2n) is 8.97. The number of benzene rings is 3. The molecule has 3 aromatic rings. The molecule has 214 valence electrons. The molecule has 0 aliphatic carbocycles. The van der Waals surface area contributed by atoms with Crippen LogP contribution in [0.4, 0.5) is 5.69 Å². The van der Waals surface area contributed by atoms with Gasteiger partial charge in [0.1, 0.15) is 12.6 Å². The molecule has 3 rings (SSSR count). The van der Waals surface area contributed by atoms with Crippen LogP contribution >= 0.6 is 46.4 Å². The Balaban J connectivity index is 2.05. The molecule has 0 unspecified atom stereocenters. The number of nitrogens with one attached hydrogen (secondary N) is 1. The molecule has 12 heteroatoms. The van der Waals surface area contributed by atoms with Gasteiger partial charge in [-0.15, -0.1) is 0 Å². The van der Waals surface area contributed by atoms with Gasteiger partial charge in [-0.3, -0.25) is 13.9 Å². The summed E-state index contributed by atoms with van der Waals surface area (Å²) in [6, 6.07) is 15.9. The Morgan fingerprint density at radius 1 is 0.875 bits per heavy atom. The smallest absolute Gasteiger partial charge is 0.264 e. The van der Waals surface area contributed by atoms with Crippen molar-refractivity contribution >= 4 is 73.9 Å². The maximum absolute atomic E-state index is 14.0. The van der Waals surface area contributed by atoms with E-state index >= 15 is 0 Å². The van der Waals surface area contributed by atoms with Crippen LogP contribution in [0, 0.1) is 0 Å². The van der Waals surface area contributed by atoms with Crippen LogP contribution in [-0.2, 0) is 26.2 Å². The van der Waals surface area contributed by atoms with Crippen LogP contribution in [0.3, 0.4) is 0 Å². The summed E-state index contributed by atoms with van der Waals surface area (Å²) in [5.41, 5.74) is 0.557. The van der Waals surface area contributed by atoms with E-state index in [1.165, 1.54) is 35.2 Å². The molecule has 2 amide bonds. The van der Waals surface area contributed by atoms with Crippen LogP contribution in [0.15, 0.2) is 71.6 Å². The second kappa shape index (κ2) is 14.4. The fourth-order valence-corrected chi connectivity index (χ4v) is 6.10. The SMILES string of the molecule is CCCCNC(=O)[C@H](C)N(Cc1c(Cl)cccc1Cl)C(=O)CN(c1ccc(Cl)c(Cl)c1)S(=O)(=O)c1ccccc1. The van der Waals surface area contributed by atoms with Gasteiger partial charge in [-0.2, -0.15) is 0 Å². The molecule has 0 spiro atoms. The molecule has 0 radical (unpaired) electrons. The number of anilines is 1. The molecule has 0 saturated heterocycles. The number of hydrogen-bond acceptors (Lipinski definition) is 4. The summed E-state index contributed by atoms with van der Waals surface area (Å²) in [7, 11) is -4.23. The van der Waals surface area contributed by atoms with Crippen LogP contribution in [0.5, 0.6) is 0 Å². The zero-order valence-electron chi connectivity index (χ0n) is 21.9. The number of sulfonamides is 1. The van der Waals surface area contributed by atoms with Crippen LogP contribution in [0.25, 0.3) is 0 Å². The molecule has 0 bridgehead atoms. The highest BCUT2D eigenvalue weighted by molar-refractivity contribution is 7.92. The van der Waals surface area contributed by atoms with E-state index in [1.807, 2.05) is 6.92 Å². The molecule has 3 aromatic carbocycles. The number of rotatable bonds is 12. The van der Waals surface area contributed by atoms with Gasteiger partial charge in [0.15, 0.2) is 0 Å². The summed E-state index contributed by atoms with van der Waals surface area (Å²) < 4.78 is 28.5. The normalized spacial score (nSPS) is 12.1. The van der Waals surface area contributed by atoms with Crippen molar-refractivity contribution < 1.29 is 18.0 Å². The Bertz CT molecular complexity index is 1430. The van der Waals surface area contributed by atoms with Crippen molar-refractivity contribution in [3.63, 3.8) is 0 Å². The maximum atomic E-state index is 14.0. The van der Waals surface area contributed by atoms with Crippen molar-refractivity contribution in [1.82, 2.24) is 10.2 Å². The first kappa shape index (κ1) is 32.0. The number of nitrogens with zero attached hydrogens (tertiary/aromatic N) is 2. The average molecular weight is 645 g/mol. The van der Waals surface area contributed by atoms with Crippen molar-refractivity contribution in [3.8, 4) is 0 Å². The van der Waals surface area contributed by atoms with Gasteiger partial charge in [-0.25, -0.2) is 8.42 Å². The van der Waals surface area contributed by atoms with Crippen molar-refractivity contribution in [1.29, 1.82) is 0 Å². The van der Waals surface area contributed by atoms with Crippen LogP contribution < -0.4 is 9.62 Å². The van der Waals surface area contributed by atoms with E-state index in [1.54, 1.807) is 43.3 Å². The molecule has 0 saturated carbocycles. The number of amides is 2. The average Bonchev–Trinajstić information content (AvgIpc) is 2.93. The van der Waals surface area contributed by atoms with Crippen molar-refractivity contribution in [3.05, 3.63) is 92.4 Å². The quantitative estimate of drug-likeness (QED) is 0.219. The number of hydrogen-bond donors (Lipinski definition) is 1. The first-order chi connectivity index (χ1) is 19.0. The Labute approximate surface area is 255 Å². The summed E-state index contributed by atoms with van der Waals surface area (Å²) in [5.74, 6) is -1.04. The van der Waals surface area contributed by atoms with Gasteiger partial charge < -0.3 is 10.2 Å². The first-order valence-corrected chi connectivity index (χ1v) is 15.5.